The maximum Gasteiger partial charge on any atom is 0.136 e. The molecule has 0 N–H and O–H groups in total. The van der Waals surface area contributed by atoms with Crippen LogP contribution in [-0.4, -0.2) is 0 Å². The Morgan fingerprint density at radius 1 is 0.444 bits per heavy atom. The molecule has 0 unspecified atom stereocenters. The van der Waals surface area contributed by atoms with Gasteiger partial charge in [-0.15, -0.1) is 0 Å². The molecule has 0 fully saturated rings. The molecule has 0 aromatic heterocycles. The van der Waals surface area contributed by atoms with Crippen molar-refractivity contribution in [1.29, 1.82) is 0 Å². The van der Waals surface area contributed by atoms with Crippen molar-refractivity contribution in [3.63, 3.8) is 0 Å². The van der Waals surface area contributed by atoms with E-state index in [1.54, 1.807) is 0 Å². The van der Waals surface area contributed by atoms with Gasteiger partial charge >= 0.3 is 0 Å². The predicted octanol–water partition coefficient (Wildman–Crippen LogP) is 17.5. The molecule has 0 saturated heterocycles. The third-order valence-electron chi connectivity index (χ3n) is 3.87. The van der Waals surface area contributed by atoms with Gasteiger partial charge in [-0.2, -0.15) is 0 Å². The summed E-state index contributed by atoms with van der Waals surface area (Å²) < 4.78 is 54.6. The molecule has 0 atom stereocenters. The number of unbranched alkanes of at least 4 members (excludes halogenated alkanes) is 2. The minimum Gasteiger partial charge on any atom is -0.206 e. The van der Waals surface area contributed by atoms with E-state index in [0.717, 1.165) is 24.3 Å². The van der Waals surface area contributed by atoms with Gasteiger partial charge in [0.2, 0.25) is 0 Å². The summed E-state index contributed by atoms with van der Waals surface area (Å²) in [6.45, 7) is 16.0. The minimum atomic E-state index is -0.922. The topological polar surface area (TPSA) is 97.5 Å². The van der Waals surface area contributed by atoms with E-state index in [9.17, 15) is 17.6 Å². The minimum absolute atomic E-state index is 0. The zero-order valence-electron chi connectivity index (χ0n) is 22.0. The molecule has 2 rings (SSSR count). The molecule has 0 saturated carbocycles. The normalized spacial score (nSPS) is 6.67. The standard InChI is InChI=1S/C17H14F4N6.4C2H6.10CH4/c18-12-6-10(7-13(19)16(12)24-26-22)4-2-1-3-5-11-8-14(20)17(25-27-23)15(21)9-11;4*1-2;;;;;;;;;;/h6-9H,1-5H2;4*1-2H3;10*1H4. The second-order valence-corrected chi connectivity index (χ2v) is 5.76. The molecule has 6 nitrogen and oxygen atoms in total. The van der Waals surface area contributed by atoms with Gasteiger partial charge in [0.15, 0.2) is 0 Å². The Hall–Kier alpha value is -3.22. The van der Waals surface area contributed by atoms with Crippen molar-refractivity contribution in [2.24, 2.45) is 10.2 Å². The number of rotatable bonds is 8. The Kier molecular flexibility index (Phi) is 105. The molecule has 10 heteroatoms. The molecule has 276 valence electrons. The van der Waals surface area contributed by atoms with Crippen molar-refractivity contribution < 1.29 is 17.6 Å². The van der Waals surface area contributed by atoms with Gasteiger partial charge in [0, 0.05) is 9.82 Å². The van der Waals surface area contributed by atoms with Crippen LogP contribution in [0.2, 0.25) is 0 Å². The Morgan fingerprint density at radius 2 is 0.644 bits per heavy atom. The van der Waals surface area contributed by atoms with Crippen molar-refractivity contribution in [3.8, 4) is 0 Å². The maximum absolute atomic E-state index is 13.7. The van der Waals surface area contributed by atoms with Crippen molar-refractivity contribution in [2.75, 3.05) is 0 Å². The first kappa shape index (κ1) is 83.9. The smallest absolute Gasteiger partial charge is 0.136 e. The van der Waals surface area contributed by atoms with Gasteiger partial charge in [-0.1, -0.05) is 146 Å². The lowest BCUT2D eigenvalue weighted by Gasteiger charge is -2.06. The average Bonchev–Trinajstić information content (AvgIpc) is 2.88. The highest BCUT2D eigenvalue weighted by atomic mass is 19.1. The Labute approximate surface area is 280 Å². The van der Waals surface area contributed by atoms with Gasteiger partial charge < -0.3 is 0 Å². The first-order valence-corrected chi connectivity index (χ1v) is 12.0. The van der Waals surface area contributed by atoms with Crippen LogP contribution in [0.4, 0.5) is 28.9 Å². The second kappa shape index (κ2) is 56.6. The van der Waals surface area contributed by atoms with Gasteiger partial charge in [-0.25, -0.2) is 17.6 Å². The van der Waals surface area contributed by atoms with E-state index in [1.807, 2.05) is 55.4 Å². The number of hydrogen-bond donors (Lipinski definition) is 0. The largest absolute Gasteiger partial charge is 0.206 e. The summed E-state index contributed by atoms with van der Waals surface area (Å²) in [6, 6.07) is 4.47. The van der Waals surface area contributed by atoms with Crippen LogP contribution in [0.3, 0.4) is 0 Å². The fourth-order valence-electron chi connectivity index (χ4n) is 2.64. The molecule has 45 heavy (non-hydrogen) atoms. The monoisotopic (exact) mass is 659 g/mol. The maximum atomic E-state index is 13.7. The molecule has 0 amide bonds. The van der Waals surface area contributed by atoms with Crippen LogP contribution in [0.1, 0.15) is 160 Å². The second-order valence-electron chi connectivity index (χ2n) is 5.76. The van der Waals surface area contributed by atoms with Gasteiger partial charge in [0.05, 0.1) is 0 Å². The summed E-state index contributed by atoms with van der Waals surface area (Å²) >= 11 is 0. The van der Waals surface area contributed by atoms with Crippen LogP contribution >= 0.6 is 0 Å². The summed E-state index contributed by atoms with van der Waals surface area (Å²) in [5.74, 6) is -3.69. The van der Waals surface area contributed by atoms with Crippen LogP contribution in [0.25, 0.3) is 20.9 Å². The fourth-order valence-corrected chi connectivity index (χ4v) is 2.64. The van der Waals surface area contributed by atoms with E-state index < -0.39 is 34.6 Å². The molecule has 0 spiro atoms. The summed E-state index contributed by atoms with van der Waals surface area (Å²) in [4.78, 5) is 4.74. The van der Waals surface area contributed by atoms with E-state index in [0.29, 0.717) is 43.2 Å². The molecule has 0 radical (unpaired) electrons. The van der Waals surface area contributed by atoms with E-state index in [4.69, 9.17) is 11.1 Å². The highest BCUT2D eigenvalue weighted by Gasteiger charge is 2.11. The van der Waals surface area contributed by atoms with Crippen molar-refractivity contribution in [3.05, 3.63) is 79.5 Å². The average molecular weight is 659 g/mol. The third kappa shape index (κ3) is 33.5. The van der Waals surface area contributed by atoms with Gasteiger partial charge in [0.25, 0.3) is 0 Å². The third-order valence-corrected chi connectivity index (χ3v) is 3.87. The number of halogens is 4. The molecule has 2 aromatic rings. The number of nitrogens with zero attached hydrogens (tertiary/aromatic N) is 6. The lowest BCUT2D eigenvalue weighted by molar-refractivity contribution is 0.578. The lowest BCUT2D eigenvalue weighted by atomic mass is 10.0. The molecule has 0 heterocycles. The number of benzene rings is 2. The van der Waals surface area contributed by atoms with Gasteiger partial charge in [-0.05, 0) is 72.1 Å². The van der Waals surface area contributed by atoms with Crippen LogP contribution in [0.5, 0.6) is 0 Å². The van der Waals surface area contributed by atoms with E-state index >= 15 is 0 Å². The summed E-state index contributed by atoms with van der Waals surface area (Å²) in [5.41, 5.74) is 16.1. The molecule has 0 aliphatic carbocycles. The molecular formula is C35H78F4N6. The quantitative estimate of drug-likeness (QED) is 0.0886. The van der Waals surface area contributed by atoms with Gasteiger partial charge in [-0.3, -0.25) is 0 Å². The molecular weight excluding hydrogens is 580 g/mol. The summed E-state index contributed by atoms with van der Waals surface area (Å²) in [5, 5.41) is 5.93. The first-order chi connectivity index (χ1) is 17.0. The summed E-state index contributed by atoms with van der Waals surface area (Å²) in [7, 11) is 0. The van der Waals surface area contributed by atoms with Crippen molar-refractivity contribution in [1.82, 2.24) is 0 Å². The first-order valence-electron chi connectivity index (χ1n) is 12.0. The number of aryl methyl sites for hydroxylation is 2. The molecule has 0 bridgehead atoms. The van der Waals surface area contributed by atoms with Gasteiger partial charge in [0.1, 0.15) is 34.6 Å². The molecule has 0 aliphatic heterocycles. The van der Waals surface area contributed by atoms with Crippen molar-refractivity contribution >= 4 is 11.4 Å². The highest BCUT2D eigenvalue weighted by molar-refractivity contribution is 5.43. The summed E-state index contributed by atoms with van der Waals surface area (Å²) in [6.07, 6.45) is 2.71. The fraction of sp³-hybridized carbons (Fsp3) is 0.657. The Bertz CT molecular complexity index is 820. The zero-order chi connectivity index (χ0) is 27.8. The highest BCUT2D eigenvalue weighted by Crippen LogP contribution is 2.26. The van der Waals surface area contributed by atoms with Crippen molar-refractivity contribution in [2.45, 2.75) is 162 Å². The van der Waals surface area contributed by atoms with E-state index in [2.05, 4.69) is 20.1 Å². The number of azide groups is 2. The zero-order valence-corrected chi connectivity index (χ0v) is 22.0. The van der Waals surface area contributed by atoms with Crippen LogP contribution < -0.4 is 0 Å². The van der Waals surface area contributed by atoms with Crippen LogP contribution in [0, 0.1) is 23.3 Å². The Morgan fingerprint density at radius 3 is 0.822 bits per heavy atom. The van der Waals surface area contributed by atoms with Crippen LogP contribution in [-0.2, 0) is 12.8 Å². The van der Waals surface area contributed by atoms with E-state index in [-0.39, 0.29) is 74.3 Å². The number of hydrogen-bond acceptors (Lipinski definition) is 2. The molecule has 2 aromatic carbocycles. The molecule has 0 aliphatic rings. The van der Waals surface area contributed by atoms with Crippen LogP contribution in [0.15, 0.2) is 34.5 Å². The Balaban J connectivity index is -0.0000000480. The lowest BCUT2D eigenvalue weighted by Crippen LogP contribution is -1.93. The SMILES string of the molecule is C.C.C.C.C.C.C.C.C.C.CC.CC.CC.CC.[N-]=[N+]=Nc1c(F)cc(CCCCCc2cc(F)c(N=[N+]=[N-])c(F)c2)cc1F. The van der Waals surface area contributed by atoms with E-state index in [1.165, 1.54) is 0 Å². The predicted molar refractivity (Wildman–Crippen MR) is 204 cm³/mol.